The van der Waals surface area contributed by atoms with Gasteiger partial charge in [-0.25, -0.2) is 0 Å². The highest BCUT2D eigenvalue weighted by molar-refractivity contribution is 5.55. The molecule has 1 nitrogen and oxygen atoms in total. The maximum atomic E-state index is 9.32. The molecule has 0 saturated carbocycles. The summed E-state index contributed by atoms with van der Waals surface area (Å²) < 4.78 is 0. The van der Waals surface area contributed by atoms with E-state index in [4.69, 9.17) is 0 Å². The van der Waals surface area contributed by atoms with Crippen LogP contribution in [0.1, 0.15) is 31.9 Å². The lowest BCUT2D eigenvalue weighted by atomic mass is 9.85. The number of aliphatic hydroxyl groups excluding tert-OH is 1. The third kappa shape index (κ3) is 3.52. The first-order valence-electron chi connectivity index (χ1n) is 5.32. The van der Waals surface area contributed by atoms with Crippen molar-refractivity contribution in [3.8, 4) is 0 Å². The molecule has 0 amide bonds. The quantitative estimate of drug-likeness (QED) is 0.782. The van der Waals surface area contributed by atoms with E-state index in [-0.39, 0.29) is 12.0 Å². The first-order valence-corrected chi connectivity index (χ1v) is 5.32. The summed E-state index contributed by atoms with van der Waals surface area (Å²) in [6.07, 6.45) is 2.08. The molecule has 0 aliphatic carbocycles. The monoisotopic (exact) mass is 204 g/mol. The number of aryl methyl sites for hydroxylation is 1. The second-order valence-corrected chi connectivity index (χ2v) is 4.99. The Morgan fingerprint density at radius 2 is 2.00 bits per heavy atom. The van der Waals surface area contributed by atoms with E-state index < -0.39 is 0 Å². The van der Waals surface area contributed by atoms with Gasteiger partial charge in [0.2, 0.25) is 0 Å². The van der Waals surface area contributed by atoms with Crippen molar-refractivity contribution in [2.75, 3.05) is 6.61 Å². The molecule has 1 N–H and O–H groups in total. The fourth-order valence-corrected chi connectivity index (χ4v) is 1.46. The Morgan fingerprint density at radius 1 is 1.33 bits per heavy atom. The van der Waals surface area contributed by atoms with Gasteiger partial charge in [0, 0.05) is 0 Å². The van der Waals surface area contributed by atoms with E-state index in [9.17, 15) is 5.11 Å². The first-order chi connectivity index (χ1) is 6.93. The van der Waals surface area contributed by atoms with Gasteiger partial charge in [-0.3, -0.25) is 0 Å². The predicted octanol–water partition coefficient (Wildman–Crippen LogP) is 3.42. The Labute approximate surface area is 92.5 Å². The standard InChI is InChI=1S/C14H20O/c1-11-6-5-7-12(8-11)9-13(10-15)14(2,3)4/h5-9,15H,10H2,1-4H3/b13-9-. The van der Waals surface area contributed by atoms with Gasteiger partial charge >= 0.3 is 0 Å². The summed E-state index contributed by atoms with van der Waals surface area (Å²) in [5, 5.41) is 9.32. The molecule has 0 spiro atoms. The second-order valence-electron chi connectivity index (χ2n) is 4.99. The van der Waals surface area contributed by atoms with Crippen molar-refractivity contribution in [1.29, 1.82) is 0 Å². The highest BCUT2D eigenvalue weighted by Gasteiger charge is 2.15. The normalized spacial score (nSPS) is 13.0. The van der Waals surface area contributed by atoms with Crippen LogP contribution in [0.4, 0.5) is 0 Å². The van der Waals surface area contributed by atoms with E-state index in [2.05, 4.69) is 52.0 Å². The molecule has 1 aromatic carbocycles. The molecule has 0 radical (unpaired) electrons. The fourth-order valence-electron chi connectivity index (χ4n) is 1.46. The fraction of sp³-hybridized carbons (Fsp3) is 0.429. The van der Waals surface area contributed by atoms with Gasteiger partial charge in [-0.1, -0.05) is 56.7 Å². The number of rotatable bonds is 2. The third-order valence-electron chi connectivity index (χ3n) is 2.52. The predicted molar refractivity (Wildman–Crippen MR) is 65.7 cm³/mol. The molecule has 0 aliphatic heterocycles. The van der Waals surface area contributed by atoms with Crippen LogP contribution in [0.5, 0.6) is 0 Å². The molecule has 0 bridgehead atoms. The van der Waals surface area contributed by atoms with Crippen molar-refractivity contribution in [1.82, 2.24) is 0 Å². The van der Waals surface area contributed by atoms with Crippen molar-refractivity contribution in [2.24, 2.45) is 5.41 Å². The molecule has 1 rings (SSSR count). The highest BCUT2D eigenvalue weighted by atomic mass is 16.3. The smallest absolute Gasteiger partial charge is 0.0650 e. The molecule has 1 aromatic rings. The maximum absolute atomic E-state index is 9.32. The molecule has 0 fully saturated rings. The zero-order chi connectivity index (χ0) is 11.5. The van der Waals surface area contributed by atoms with Gasteiger partial charge < -0.3 is 5.11 Å². The Bertz CT molecular complexity index is 356. The first kappa shape index (κ1) is 12.0. The number of benzene rings is 1. The van der Waals surface area contributed by atoms with Crippen LogP contribution in [0.3, 0.4) is 0 Å². The van der Waals surface area contributed by atoms with Gasteiger partial charge in [0.1, 0.15) is 0 Å². The van der Waals surface area contributed by atoms with Crippen molar-refractivity contribution < 1.29 is 5.11 Å². The highest BCUT2D eigenvalue weighted by Crippen LogP contribution is 2.26. The number of hydrogen-bond donors (Lipinski definition) is 1. The van der Waals surface area contributed by atoms with Gasteiger partial charge in [0.25, 0.3) is 0 Å². The van der Waals surface area contributed by atoms with Crippen molar-refractivity contribution in [3.63, 3.8) is 0 Å². The Hall–Kier alpha value is -1.08. The molecule has 0 aliphatic rings. The minimum absolute atomic E-state index is 0.0263. The molecule has 82 valence electrons. The Balaban J connectivity index is 3.04. The zero-order valence-electron chi connectivity index (χ0n) is 10.0. The summed E-state index contributed by atoms with van der Waals surface area (Å²) in [4.78, 5) is 0. The average molecular weight is 204 g/mol. The van der Waals surface area contributed by atoms with Crippen molar-refractivity contribution in [3.05, 3.63) is 41.0 Å². The van der Waals surface area contributed by atoms with Crippen LogP contribution in [0.15, 0.2) is 29.8 Å². The molecule has 0 heterocycles. The van der Waals surface area contributed by atoms with E-state index in [1.54, 1.807) is 0 Å². The van der Waals surface area contributed by atoms with Gasteiger partial charge in [-0.05, 0) is 23.5 Å². The molecular weight excluding hydrogens is 184 g/mol. The summed E-state index contributed by atoms with van der Waals surface area (Å²) in [5.41, 5.74) is 3.50. The number of aliphatic hydroxyl groups is 1. The summed E-state index contributed by atoms with van der Waals surface area (Å²) >= 11 is 0. The van der Waals surface area contributed by atoms with Crippen LogP contribution in [0.2, 0.25) is 0 Å². The molecule has 0 unspecified atom stereocenters. The molecular formula is C14H20O. The lowest BCUT2D eigenvalue weighted by molar-refractivity contribution is 0.298. The minimum atomic E-state index is 0.0263. The lowest BCUT2D eigenvalue weighted by Gasteiger charge is -2.21. The van der Waals surface area contributed by atoms with E-state index >= 15 is 0 Å². The van der Waals surface area contributed by atoms with Crippen LogP contribution in [0.25, 0.3) is 6.08 Å². The zero-order valence-corrected chi connectivity index (χ0v) is 10.0. The van der Waals surface area contributed by atoms with Gasteiger partial charge in [-0.2, -0.15) is 0 Å². The van der Waals surface area contributed by atoms with Gasteiger partial charge in [0.05, 0.1) is 6.61 Å². The van der Waals surface area contributed by atoms with Crippen LogP contribution >= 0.6 is 0 Å². The van der Waals surface area contributed by atoms with Crippen molar-refractivity contribution in [2.45, 2.75) is 27.7 Å². The van der Waals surface area contributed by atoms with E-state index in [1.165, 1.54) is 5.56 Å². The largest absolute Gasteiger partial charge is 0.392 e. The van der Waals surface area contributed by atoms with Crippen LogP contribution in [-0.2, 0) is 0 Å². The number of hydrogen-bond acceptors (Lipinski definition) is 1. The summed E-state index contributed by atoms with van der Waals surface area (Å²) in [6, 6.07) is 8.31. The van der Waals surface area contributed by atoms with Crippen LogP contribution in [-0.4, -0.2) is 11.7 Å². The molecule has 0 atom stereocenters. The van der Waals surface area contributed by atoms with E-state index in [1.807, 2.05) is 6.07 Å². The Kier molecular flexibility index (Phi) is 3.70. The summed E-state index contributed by atoms with van der Waals surface area (Å²) in [6.45, 7) is 8.55. The maximum Gasteiger partial charge on any atom is 0.0650 e. The topological polar surface area (TPSA) is 20.2 Å². The second kappa shape index (κ2) is 4.63. The van der Waals surface area contributed by atoms with Crippen LogP contribution in [0, 0.1) is 12.3 Å². The SMILES string of the molecule is Cc1cccc(/C=C(/CO)C(C)(C)C)c1. The summed E-state index contributed by atoms with van der Waals surface area (Å²) in [7, 11) is 0. The summed E-state index contributed by atoms with van der Waals surface area (Å²) in [5.74, 6) is 0. The van der Waals surface area contributed by atoms with Crippen molar-refractivity contribution >= 4 is 6.08 Å². The minimum Gasteiger partial charge on any atom is -0.392 e. The third-order valence-corrected chi connectivity index (χ3v) is 2.52. The van der Waals surface area contributed by atoms with Gasteiger partial charge in [-0.15, -0.1) is 0 Å². The Morgan fingerprint density at radius 3 is 2.47 bits per heavy atom. The lowest BCUT2D eigenvalue weighted by Crippen LogP contribution is -2.12. The van der Waals surface area contributed by atoms with Crippen LogP contribution < -0.4 is 0 Å². The van der Waals surface area contributed by atoms with E-state index in [0.717, 1.165) is 11.1 Å². The molecule has 0 aromatic heterocycles. The molecule has 0 saturated heterocycles. The molecule has 15 heavy (non-hydrogen) atoms. The van der Waals surface area contributed by atoms with E-state index in [0.29, 0.717) is 0 Å². The average Bonchev–Trinajstić information content (AvgIpc) is 2.12. The molecule has 1 heteroatoms. The van der Waals surface area contributed by atoms with Gasteiger partial charge in [0.15, 0.2) is 0 Å².